The Morgan fingerprint density at radius 2 is 2.26 bits per heavy atom. The van der Waals surface area contributed by atoms with Gasteiger partial charge in [0.2, 0.25) is 5.69 Å². The van der Waals surface area contributed by atoms with E-state index in [1.54, 1.807) is 0 Å². The molecule has 1 aliphatic rings. The number of carbonyl (C=O) groups excluding carboxylic acids is 1. The van der Waals surface area contributed by atoms with E-state index in [9.17, 15) is 14.9 Å². The van der Waals surface area contributed by atoms with Gasteiger partial charge in [-0.2, -0.15) is 5.10 Å². The van der Waals surface area contributed by atoms with Crippen molar-refractivity contribution in [1.29, 1.82) is 0 Å². The molecule has 1 aliphatic carbocycles. The summed E-state index contributed by atoms with van der Waals surface area (Å²) in [7, 11) is 0. The number of rotatable bonds is 4. The second-order valence-corrected chi connectivity index (χ2v) is 6.14. The molecule has 0 spiro atoms. The Kier molecular flexibility index (Phi) is 3.85. The normalized spacial score (nSPS) is 19.9. The van der Waals surface area contributed by atoms with E-state index < -0.39 is 10.8 Å². The van der Waals surface area contributed by atoms with Gasteiger partial charge in [0.15, 0.2) is 0 Å². The Morgan fingerprint density at radius 1 is 1.48 bits per heavy atom. The summed E-state index contributed by atoms with van der Waals surface area (Å²) in [4.78, 5) is 22.5. The highest BCUT2D eigenvalue weighted by Gasteiger charge is 2.33. The lowest BCUT2D eigenvalue weighted by Crippen LogP contribution is -2.41. The molecule has 2 N–H and O–H groups in total. The van der Waals surface area contributed by atoms with Gasteiger partial charge >= 0.3 is 5.69 Å². The molecule has 3 rings (SSSR count). The third-order valence-corrected chi connectivity index (χ3v) is 4.52. The second kappa shape index (κ2) is 5.83. The standard InChI is InChI=1S/C16H18N4O3/c1-16(8-4-6-11-5-2-3-7-12(11)16)10-17-15(21)14-13(20(22)23)9-18-19-14/h2-3,5,7,9H,4,6,8,10H2,1H3,(H,17,21)(H,18,19)/t16-/m1/s1. The molecule has 0 radical (unpaired) electrons. The summed E-state index contributed by atoms with van der Waals surface area (Å²) in [6.45, 7) is 2.55. The fourth-order valence-electron chi connectivity index (χ4n) is 3.26. The van der Waals surface area contributed by atoms with Crippen molar-refractivity contribution in [2.75, 3.05) is 6.54 Å². The van der Waals surface area contributed by atoms with Gasteiger partial charge in [-0.05, 0) is 30.4 Å². The third kappa shape index (κ3) is 2.81. The van der Waals surface area contributed by atoms with E-state index in [1.807, 2.05) is 12.1 Å². The fourth-order valence-corrected chi connectivity index (χ4v) is 3.26. The van der Waals surface area contributed by atoms with Gasteiger partial charge in [0.05, 0.1) is 4.92 Å². The maximum Gasteiger partial charge on any atom is 0.319 e. The summed E-state index contributed by atoms with van der Waals surface area (Å²) in [6, 6.07) is 8.24. The number of aromatic nitrogens is 2. The lowest BCUT2D eigenvalue weighted by atomic mass is 9.71. The number of hydrogen-bond acceptors (Lipinski definition) is 4. The summed E-state index contributed by atoms with van der Waals surface area (Å²) in [5.74, 6) is -0.501. The lowest BCUT2D eigenvalue weighted by Gasteiger charge is -2.36. The number of H-pyrrole nitrogens is 1. The molecule has 0 saturated heterocycles. The molecule has 1 heterocycles. The SMILES string of the molecule is C[C@]1(CNC(=O)c2[nH]ncc2[N+](=O)[O-])CCCc2ccccc21. The van der Waals surface area contributed by atoms with E-state index in [2.05, 4.69) is 34.6 Å². The summed E-state index contributed by atoms with van der Waals surface area (Å²) in [5.41, 5.74) is 1.97. The number of nitro groups is 1. The number of nitrogens with zero attached hydrogens (tertiary/aromatic N) is 2. The predicted molar refractivity (Wildman–Crippen MR) is 84.3 cm³/mol. The molecule has 120 valence electrons. The number of amides is 1. The van der Waals surface area contributed by atoms with Crippen LogP contribution in [0.5, 0.6) is 0 Å². The van der Waals surface area contributed by atoms with Crippen LogP contribution in [-0.4, -0.2) is 27.6 Å². The highest BCUT2D eigenvalue weighted by molar-refractivity contribution is 5.96. The largest absolute Gasteiger partial charge is 0.350 e. The molecule has 0 saturated carbocycles. The number of aryl methyl sites for hydroxylation is 1. The van der Waals surface area contributed by atoms with Crippen molar-refractivity contribution >= 4 is 11.6 Å². The monoisotopic (exact) mass is 314 g/mol. The number of carbonyl (C=O) groups is 1. The minimum atomic E-state index is -0.615. The third-order valence-electron chi connectivity index (χ3n) is 4.52. The van der Waals surface area contributed by atoms with Crippen LogP contribution in [0.4, 0.5) is 5.69 Å². The smallest absolute Gasteiger partial charge is 0.319 e. The van der Waals surface area contributed by atoms with Gasteiger partial charge in [0.25, 0.3) is 5.91 Å². The van der Waals surface area contributed by atoms with E-state index in [-0.39, 0.29) is 16.8 Å². The van der Waals surface area contributed by atoms with Crippen LogP contribution in [0, 0.1) is 10.1 Å². The molecule has 1 amide bonds. The van der Waals surface area contributed by atoms with Crippen molar-refractivity contribution in [1.82, 2.24) is 15.5 Å². The minimum absolute atomic E-state index is 0.109. The van der Waals surface area contributed by atoms with Crippen LogP contribution >= 0.6 is 0 Å². The molecule has 0 unspecified atom stereocenters. The van der Waals surface area contributed by atoms with Gasteiger partial charge in [0.1, 0.15) is 6.20 Å². The number of aromatic amines is 1. The van der Waals surface area contributed by atoms with Crippen molar-refractivity contribution in [2.24, 2.45) is 0 Å². The first-order chi connectivity index (χ1) is 11.0. The molecule has 1 aromatic carbocycles. The van der Waals surface area contributed by atoms with E-state index in [1.165, 1.54) is 11.1 Å². The number of nitrogens with one attached hydrogen (secondary N) is 2. The maximum absolute atomic E-state index is 12.2. The number of fused-ring (bicyclic) bond motifs is 1. The molecular weight excluding hydrogens is 296 g/mol. The molecule has 7 nitrogen and oxygen atoms in total. The Bertz CT molecular complexity index is 755. The zero-order chi connectivity index (χ0) is 16.4. The van der Waals surface area contributed by atoms with Crippen LogP contribution in [0.2, 0.25) is 0 Å². The fraction of sp³-hybridized carbons (Fsp3) is 0.375. The van der Waals surface area contributed by atoms with Crippen LogP contribution in [0.1, 0.15) is 41.4 Å². The molecular formula is C16H18N4O3. The van der Waals surface area contributed by atoms with Crippen LogP contribution in [0.15, 0.2) is 30.5 Å². The Labute approximate surface area is 133 Å². The van der Waals surface area contributed by atoms with Gasteiger partial charge in [-0.15, -0.1) is 0 Å². The van der Waals surface area contributed by atoms with E-state index in [0.29, 0.717) is 6.54 Å². The predicted octanol–water partition coefficient (Wildman–Crippen LogP) is 2.34. The van der Waals surface area contributed by atoms with Crippen LogP contribution < -0.4 is 5.32 Å². The van der Waals surface area contributed by atoms with Crippen molar-refractivity contribution in [3.8, 4) is 0 Å². The molecule has 0 fully saturated rings. The van der Waals surface area contributed by atoms with Crippen molar-refractivity contribution < 1.29 is 9.72 Å². The van der Waals surface area contributed by atoms with Gasteiger partial charge in [-0.3, -0.25) is 20.0 Å². The topological polar surface area (TPSA) is 101 Å². The molecule has 1 aromatic heterocycles. The van der Waals surface area contributed by atoms with Crippen molar-refractivity contribution in [3.05, 3.63) is 57.4 Å². The molecule has 7 heteroatoms. The van der Waals surface area contributed by atoms with Crippen LogP contribution in [0.25, 0.3) is 0 Å². The first kappa shape index (κ1) is 15.2. The van der Waals surface area contributed by atoms with Crippen LogP contribution in [0.3, 0.4) is 0 Å². The summed E-state index contributed by atoms with van der Waals surface area (Å²) in [5, 5.41) is 19.7. The summed E-state index contributed by atoms with van der Waals surface area (Å²) >= 11 is 0. The van der Waals surface area contributed by atoms with Gasteiger partial charge in [-0.1, -0.05) is 31.2 Å². The van der Waals surface area contributed by atoms with Crippen molar-refractivity contribution in [3.63, 3.8) is 0 Å². The van der Waals surface area contributed by atoms with Gasteiger partial charge < -0.3 is 5.32 Å². The Hall–Kier alpha value is -2.70. The average molecular weight is 314 g/mol. The lowest BCUT2D eigenvalue weighted by molar-refractivity contribution is -0.385. The van der Waals surface area contributed by atoms with E-state index >= 15 is 0 Å². The van der Waals surface area contributed by atoms with E-state index in [0.717, 1.165) is 25.5 Å². The van der Waals surface area contributed by atoms with Crippen molar-refractivity contribution in [2.45, 2.75) is 31.6 Å². The summed E-state index contributed by atoms with van der Waals surface area (Å²) < 4.78 is 0. The average Bonchev–Trinajstić information content (AvgIpc) is 3.03. The van der Waals surface area contributed by atoms with Gasteiger partial charge in [0, 0.05) is 12.0 Å². The van der Waals surface area contributed by atoms with Crippen LogP contribution in [-0.2, 0) is 11.8 Å². The highest BCUT2D eigenvalue weighted by Crippen LogP contribution is 2.36. The zero-order valence-electron chi connectivity index (χ0n) is 12.8. The Morgan fingerprint density at radius 3 is 3.04 bits per heavy atom. The molecule has 0 bridgehead atoms. The van der Waals surface area contributed by atoms with E-state index in [4.69, 9.17) is 0 Å². The molecule has 1 atom stereocenters. The number of hydrogen-bond donors (Lipinski definition) is 2. The first-order valence-corrected chi connectivity index (χ1v) is 7.55. The highest BCUT2D eigenvalue weighted by atomic mass is 16.6. The number of benzene rings is 1. The molecule has 2 aromatic rings. The van der Waals surface area contributed by atoms with Gasteiger partial charge in [-0.25, -0.2) is 0 Å². The Balaban J connectivity index is 1.77. The zero-order valence-corrected chi connectivity index (χ0v) is 12.8. The maximum atomic E-state index is 12.2. The quantitative estimate of drug-likeness (QED) is 0.668. The second-order valence-electron chi connectivity index (χ2n) is 6.14. The molecule has 23 heavy (non-hydrogen) atoms. The first-order valence-electron chi connectivity index (χ1n) is 7.55. The minimum Gasteiger partial charge on any atom is -0.350 e. The molecule has 0 aliphatic heterocycles. The summed E-state index contributed by atoms with van der Waals surface area (Å²) in [6.07, 6.45) is 4.13.